The van der Waals surface area contributed by atoms with Gasteiger partial charge in [0.15, 0.2) is 0 Å². The fraction of sp³-hybridized carbons (Fsp3) is 1.00. The molecule has 0 spiro atoms. The van der Waals surface area contributed by atoms with E-state index in [1.54, 1.807) is 0 Å². The van der Waals surface area contributed by atoms with Crippen LogP contribution in [-0.4, -0.2) is 12.1 Å². The predicted molar refractivity (Wildman–Crippen MR) is 69.0 cm³/mol. The maximum Gasteiger partial charge on any atom is 0.00732 e. The van der Waals surface area contributed by atoms with Gasteiger partial charge >= 0.3 is 0 Å². The molecule has 0 amide bonds. The molecule has 0 aliphatic heterocycles. The van der Waals surface area contributed by atoms with Gasteiger partial charge in [-0.05, 0) is 49.4 Å². The standard InChI is InChI=1S/C14H28N2/c1-3-4-10-8-14(16)12(7-9(10)2)11-5-6-13(11)15/h9-14H,3-8,15-16H2,1-2H3. The molecular weight excluding hydrogens is 196 g/mol. The second-order valence-electron chi connectivity index (χ2n) is 6.23. The first-order valence-corrected chi connectivity index (χ1v) is 7.14. The van der Waals surface area contributed by atoms with Crippen LogP contribution in [0, 0.1) is 23.7 Å². The van der Waals surface area contributed by atoms with E-state index >= 15 is 0 Å². The first-order valence-electron chi connectivity index (χ1n) is 7.14. The van der Waals surface area contributed by atoms with Crippen LogP contribution in [0.1, 0.15) is 52.4 Å². The van der Waals surface area contributed by atoms with Crippen molar-refractivity contribution in [3.8, 4) is 0 Å². The Bertz CT molecular complexity index is 229. The lowest BCUT2D eigenvalue weighted by Gasteiger charge is -2.48. The van der Waals surface area contributed by atoms with Gasteiger partial charge in [0.1, 0.15) is 0 Å². The Morgan fingerprint density at radius 1 is 1.00 bits per heavy atom. The van der Waals surface area contributed by atoms with E-state index in [0.717, 1.165) is 17.8 Å². The van der Waals surface area contributed by atoms with Crippen molar-refractivity contribution in [2.45, 2.75) is 64.5 Å². The van der Waals surface area contributed by atoms with E-state index in [0.29, 0.717) is 18.0 Å². The molecule has 2 saturated carbocycles. The Kier molecular flexibility index (Phi) is 3.91. The molecule has 2 heteroatoms. The van der Waals surface area contributed by atoms with Crippen LogP contribution in [0.4, 0.5) is 0 Å². The molecule has 94 valence electrons. The number of hydrogen-bond donors (Lipinski definition) is 2. The Hall–Kier alpha value is -0.0800. The van der Waals surface area contributed by atoms with E-state index in [-0.39, 0.29) is 0 Å². The topological polar surface area (TPSA) is 52.0 Å². The average Bonchev–Trinajstić information content (AvgIpc) is 2.23. The van der Waals surface area contributed by atoms with Crippen LogP contribution in [0.15, 0.2) is 0 Å². The summed E-state index contributed by atoms with van der Waals surface area (Å²) in [4.78, 5) is 0. The summed E-state index contributed by atoms with van der Waals surface area (Å²) in [5, 5.41) is 0. The van der Waals surface area contributed by atoms with Gasteiger partial charge in [-0.1, -0.05) is 26.7 Å². The zero-order chi connectivity index (χ0) is 11.7. The summed E-state index contributed by atoms with van der Waals surface area (Å²) < 4.78 is 0. The molecular formula is C14H28N2. The predicted octanol–water partition coefficient (Wildman–Crippen LogP) is 2.51. The number of hydrogen-bond acceptors (Lipinski definition) is 2. The first kappa shape index (κ1) is 12.4. The molecule has 0 aromatic carbocycles. The highest BCUT2D eigenvalue weighted by Crippen LogP contribution is 2.44. The Morgan fingerprint density at radius 3 is 2.25 bits per heavy atom. The maximum atomic E-state index is 6.38. The molecule has 0 aromatic rings. The molecule has 0 radical (unpaired) electrons. The van der Waals surface area contributed by atoms with Gasteiger partial charge < -0.3 is 11.5 Å². The van der Waals surface area contributed by atoms with Crippen molar-refractivity contribution in [1.82, 2.24) is 0 Å². The minimum absolute atomic E-state index is 0.420. The highest BCUT2D eigenvalue weighted by molar-refractivity contribution is 4.96. The van der Waals surface area contributed by atoms with Crippen LogP contribution in [0.5, 0.6) is 0 Å². The molecule has 0 saturated heterocycles. The van der Waals surface area contributed by atoms with Crippen molar-refractivity contribution in [3.05, 3.63) is 0 Å². The van der Waals surface area contributed by atoms with Gasteiger partial charge in [-0.3, -0.25) is 0 Å². The molecule has 0 bridgehead atoms. The van der Waals surface area contributed by atoms with Crippen molar-refractivity contribution in [2.24, 2.45) is 35.1 Å². The van der Waals surface area contributed by atoms with Crippen molar-refractivity contribution in [2.75, 3.05) is 0 Å². The Morgan fingerprint density at radius 2 is 1.75 bits per heavy atom. The monoisotopic (exact) mass is 224 g/mol. The van der Waals surface area contributed by atoms with Crippen molar-refractivity contribution < 1.29 is 0 Å². The summed E-state index contributed by atoms with van der Waals surface area (Å²) in [7, 11) is 0. The minimum atomic E-state index is 0.420. The molecule has 6 atom stereocenters. The largest absolute Gasteiger partial charge is 0.327 e. The summed E-state index contributed by atoms with van der Waals surface area (Å²) in [5.41, 5.74) is 12.5. The summed E-state index contributed by atoms with van der Waals surface area (Å²) in [6.07, 6.45) is 7.77. The molecule has 0 heterocycles. The molecule has 0 aromatic heterocycles. The van der Waals surface area contributed by atoms with E-state index in [1.807, 2.05) is 0 Å². The summed E-state index contributed by atoms with van der Waals surface area (Å²) in [6, 6.07) is 0.870. The fourth-order valence-electron chi connectivity index (χ4n) is 3.90. The van der Waals surface area contributed by atoms with Crippen LogP contribution in [-0.2, 0) is 0 Å². The van der Waals surface area contributed by atoms with E-state index in [4.69, 9.17) is 11.5 Å². The second kappa shape index (κ2) is 5.05. The molecule has 6 unspecified atom stereocenters. The highest BCUT2D eigenvalue weighted by atomic mass is 14.8. The van der Waals surface area contributed by atoms with Crippen LogP contribution >= 0.6 is 0 Å². The van der Waals surface area contributed by atoms with Gasteiger partial charge in [-0.25, -0.2) is 0 Å². The Balaban J connectivity index is 1.93. The van der Waals surface area contributed by atoms with Crippen molar-refractivity contribution in [1.29, 1.82) is 0 Å². The number of nitrogens with two attached hydrogens (primary N) is 2. The van der Waals surface area contributed by atoms with E-state index in [9.17, 15) is 0 Å². The summed E-state index contributed by atoms with van der Waals surface area (Å²) in [6.45, 7) is 4.70. The highest BCUT2D eigenvalue weighted by Gasteiger charge is 2.42. The van der Waals surface area contributed by atoms with Crippen molar-refractivity contribution in [3.63, 3.8) is 0 Å². The summed E-state index contributed by atoms with van der Waals surface area (Å²) >= 11 is 0. The average molecular weight is 224 g/mol. The van der Waals surface area contributed by atoms with Crippen molar-refractivity contribution >= 4 is 0 Å². The van der Waals surface area contributed by atoms with Crippen LogP contribution < -0.4 is 11.5 Å². The zero-order valence-corrected chi connectivity index (χ0v) is 10.9. The maximum absolute atomic E-state index is 6.38. The molecule has 2 fully saturated rings. The lowest BCUT2D eigenvalue weighted by molar-refractivity contribution is 0.0632. The lowest BCUT2D eigenvalue weighted by Crippen LogP contribution is -2.52. The normalized spacial score (nSPS) is 48.8. The fourth-order valence-corrected chi connectivity index (χ4v) is 3.90. The second-order valence-corrected chi connectivity index (χ2v) is 6.23. The third-order valence-corrected chi connectivity index (χ3v) is 5.17. The van der Waals surface area contributed by atoms with Gasteiger partial charge in [0.2, 0.25) is 0 Å². The van der Waals surface area contributed by atoms with E-state index in [1.165, 1.54) is 38.5 Å². The van der Waals surface area contributed by atoms with Gasteiger partial charge in [0, 0.05) is 12.1 Å². The molecule has 4 N–H and O–H groups in total. The van der Waals surface area contributed by atoms with Gasteiger partial charge in [0.05, 0.1) is 0 Å². The van der Waals surface area contributed by atoms with Crippen LogP contribution in [0.25, 0.3) is 0 Å². The van der Waals surface area contributed by atoms with Gasteiger partial charge in [0.25, 0.3) is 0 Å². The van der Waals surface area contributed by atoms with Crippen LogP contribution in [0.2, 0.25) is 0 Å². The molecule has 2 aliphatic carbocycles. The van der Waals surface area contributed by atoms with E-state index < -0.39 is 0 Å². The molecule has 2 rings (SSSR count). The quantitative estimate of drug-likeness (QED) is 0.774. The zero-order valence-electron chi connectivity index (χ0n) is 10.9. The third-order valence-electron chi connectivity index (χ3n) is 5.17. The van der Waals surface area contributed by atoms with Gasteiger partial charge in [-0.2, -0.15) is 0 Å². The van der Waals surface area contributed by atoms with Gasteiger partial charge in [-0.15, -0.1) is 0 Å². The molecule has 2 nitrogen and oxygen atoms in total. The number of rotatable bonds is 3. The van der Waals surface area contributed by atoms with Crippen LogP contribution in [0.3, 0.4) is 0 Å². The third kappa shape index (κ3) is 2.28. The molecule has 16 heavy (non-hydrogen) atoms. The Labute approximate surface area is 100 Å². The minimum Gasteiger partial charge on any atom is -0.327 e. The SMILES string of the molecule is CCCC1CC(N)C(C2CCC2N)CC1C. The first-order chi connectivity index (χ1) is 7.63. The lowest BCUT2D eigenvalue weighted by atomic mass is 9.61. The molecule has 2 aliphatic rings. The summed E-state index contributed by atoms with van der Waals surface area (Å²) in [5.74, 6) is 3.18. The van der Waals surface area contributed by atoms with E-state index in [2.05, 4.69) is 13.8 Å². The smallest absolute Gasteiger partial charge is 0.00732 e.